The summed E-state index contributed by atoms with van der Waals surface area (Å²) < 4.78 is 11.4. The second kappa shape index (κ2) is 5.35. The minimum atomic E-state index is -0.117. The molecule has 0 aliphatic carbocycles. The Morgan fingerprint density at radius 3 is 3.16 bits per heavy atom. The molecule has 1 N–H and O–H groups in total. The monoisotopic (exact) mass is 263 g/mol. The van der Waals surface area contributed by atoms with Crippen molar-refractivity contribution in [3.05, 3.63) is 18.2 Å². The van der Waals surface area contributed by atoms with Gasteiger partial charge in [0, 0.05) is 26.1 Å². The van der Waals surface area contributed by atoms with E-state index in [-0.39, 0.29) is 5.60 Å². The average Bonchev–Trinajstić information content (AvgIpc) is 2.87. The SMILES string of the molecule is CCNc1cccc(N2CCO[C@@]3(CCOC3)C2)n1. The molecule has 5 heteroatoms. The Hall–Kier alpha value is -1.33. The lowest BCUT2D eigenvalue weighted by atomic mass is 10.0. The molecule has 2 aliphatic rings. The number of nitrogens with one attached hydrogen (secondary N) is 1. The maximum absolute atomic E-state index is 5.95. The Bertz CT molecular complexity index is 432. The normalized spacial score (nSPS) is 26.9. The van der Waals surface area contributed by atoms with E-state index < -0.39 is 0 Å². The van der Waals surface area contributed by atoms with Gasteiger partial charge in [-0.3, -0.25) is 0 Å². The highest BCUT2D eigenvalue weighted by Crippen LogP contribution is 2.29. The van der Waals surface area contributed by atoms with Gasteiger partial charge in [-0.15, -0.1) is 0 Å². The topological polar surface area (TPSA) is 46.6 Å². The third-order valence-electron chi connectivity index (χ3n) is 3.73. The third kappa shape index (κ3) is 2.67. The summed E-state index contributed by atoms with van der Waals surface area (Å²) in [5.41, 5.74) is -0.117. The van der Waals surface area contributed by atoms with Crippen molar-refractivity contribution in [2.75, 3.05) is 49.7 Å². The second-order valence-electron chi connectivity index (χ2n) is 5.17. The molecule has 3 rings (SSSR count). The summed E-state index contributed by atoms with van der Waals surface area (Å²) in [6.07, 6.45) is 0.983. The maximum Gasteiger partial charge on any atom is 0.131 e. The highest BCUT2D eigenvalue weighted by Gasteiger charge is 2.40. The summed E-state index contributed by atoms with van der Waals surface area (Å²) in [4.78, 5) is 6.96. The first-order valence-electron chi connectivity index (χ1n) is 6.99. The van der Waals surface area contributed by atoms with Crippen molar-refractivity contribution >= 4 is 11.6 Å². The lowest BCUT2D eigenvalue weighted by molar-refractivity contribution is -0.0581. The summed E-state index contributed by atoms with van der Waals surface area (Å²) in [7, 11) is 0. The van der Waals surface area contributed by atoms with Crippen molar-refractivity contribution in [3.8, 4) is 0 Å². The van der Waals surface area contributed by atoms with E-state index in [0.717, 1.165) is 50.9 Å². The van der Waals surface area contributed by atoms with Crippen LogP contribution in [0.4, 0.5) is 11.6 Å². The summed E-state index contributed by atoms with van der Waals surface area (Å²) in [5.74, 6) is 1.95. The fourth-order valence-corrected chi connectivity index (χ4v) is 2.75. The van der Waals surface area contributed by atoms with Gasteiger partial charge in [0.1, 0.15) is 17.2 Å². The molecule has 104 valence electrons. The quantitative estimate of drug-likeness (QED) is 0.895. The lowest BCUT2D eigenvalue weighted by Gasteiger charge is -2.40. The van der Waals surface area contributed by atoms with Gasteiger partial charge in [0.15, 0.2) is 0 Å². The van der Waals surface area contributed by atoms with Crippen LogP contribution in [0.3, 0.4) is 0 Å². The van der Waals surface area contributed by atoms with Crippen LogP contribution in [0.2, 0.25) is 0 Å². The smallest absolute Gasteiger partial charge is 0.131 e. The van der Waals surface area contributed by atoms with E-state index in [9.17, 15) is 0 Å². The van der Waals surface area contributed by atoms with Crippen molar-refractivity contribution in [2.45, 2.75) is 18.9 Å². The molecular weight excluding hydrogens is 242 g/mol. The van der Waals surface area contributed by atoms with E-state index in [4.69, 9.17) is 9.47 Å². The molecule has 0 bridgehead atoms. The summed E-state index contributed by atoms with van der Waals surface area (Å²) in [6, 6.07) is 6.12. The number of morpholine rings is 1. The van der Waals surface area contributed by atoms with Gasteiger partial charge in [-0.25, -0.2) is 4.98 Å². The fourth-order valence-electron chi connectivity index (χ4n) is 2.75. The van der Waals surface area contributed by atoms with Crippen molar-refractivity contribution in [1.29, 1.82) is 0 Å². The molecule has 1 spiro atoms. The highest BCUT2D eigenvalue weighted by atomic mass is 16.6. The van der Waals surface area contributed by atoms with Crippen LogP contribution in [-0.2, 0) is 9.47 Å². The molecule has 5 nitrogen and oxygen atoms in total. The number of anilines is 2. The van der Waals surface area contributed by atoms with Gasteiger partial charge in [0.05, 0.1) is 19.8 Å². The molecule has 0 unspecified atom stereocenters. The Balaban J connectivity index is 1.75. The summed E-state index contributed by atoms with van der Waals surface area (Å²) in [5, 5.41) is 3.25. The number of ether oxygens (including phenoxy) is 2. The predicted octanol–water partition coefficient (Wildman–Crippen LogP) is 1.51. The molecule has 1 aromatic rings. The van der Waals surface area contributed by atoms with Crippen LogP contribution in [0, 0.1) is 0 Å². The largest absolute Gasteiger partial charge is 0.378 e. The number of aromatic nitrogens is 1. The number of hydrogen-bond acceptors (Lipinski definition) is 5. The van der Waals surface area contributed by atoms with Crippen LogP contribution in [0.25, 0.3) is 0 Å². The van der Waals surface area contributed by atoms with E-state index >= 15 is 0 Å². The van der Waals surface area contributed by atoms with Gasteiger partial charge in [-0.2, -0.15) is 0 Å². The minimum absolute atomic E-state index is 0.117. The van der Waals surface area contributed by atoms with Crippen LogP contribution in [0.15, 0.2) is 18.2 Å². The summed E-state index contributed by atoms with van der Waals surface area (Å²) in [6.45, 7) is 6.98. The number of pyridine rings is 1. The molecule has 0 radical (unpaired) electrons. The zero-order valence-electron chi connectivity index (χ0n) is 11.4. The van der Waals surface area contributed by atoms with Gasteiger partial charge < -0.3 is 19.7 Å². The molecule has 19 heavy (non-hydrogen) atoms. The average molecular weight is 263 g/mol. The molecule has 2 saturated heterocycles. The predicted molar refractivity (Wildman–Crippen MR) is 74.7 cm³/mol. The molecular formula is C14H21N3O2. The maximum atomic E-state index is 5.95. The van der Waals surface area contributed by atoms with Crippen molar-refractivity contribution in [1.82, 2.24) is 4.98 Å². The summed E-state index contributed by atoms with van der Waals surface area (Å²) >= 11 is 0. The van der Waals surface area contributed by atoms with Crippen LogP contribution in [-0.4, -0.2) is 50.0 Å². The van der Waals surface area contributed by atoms with Crippen LogP contribution >= 0.6 is 0 Å². The van der Waals surface area contributed by atoms with Gasteiger partial charge in [0.25, 0.3) is 0 Å². The number of hydrogen-bond donors (Lipinski definition) is 1. The standard InChI is InChI=1S/C14H21N3O2/c1-2-15-12-4-3-5-13(16-12)17-7-9-19-14(10-17)6-8-18-11-14/h3-5H,2,6-11H2,1H3,(H,15,16)/t14-/m0/s1. The highest BCUT2D eigenvalue weighted by molar-refractivity contribution is 5.47. The molecule has 2 fully saturated rings. The van der Waals surface area contributed by atoms with E-state index in [1.807, 2.05) is 12.1 Å². The zero-order chi connectivity index (χ0) is 13.1. The molecule has 2 aliphatic heterocycles. The lowest BCUT2D eigenvalue weighted by Crippen LogP contribution is -2.52. The number of nitrogens with zero attached hydrogens (tertiary/aromatic N) is 2. The van der Waals surface area contributed by atoms with Gasteiger partial charge >= 0.3 is 0 Å². The first-order valence-corrected chi connectivity index (χ1v) is 6.99. The Kier molecular flexibility index (Phi) is 3.57. The van der Waals surface area contributed by atoms with E-state index in [1.165, 1.54) is 0 Å². The molecule has 3 heterocycles. The van der Waals surface area contributed by atoms with E-state index in [0.29, 0.717) is 6.61 Å². The van der Waals surface area contributed by atoms with Gasteiger partial charge in [-0.05, 0) is 19.1 Å². The van der Waals surface area contributed by atoms with E-state index in [1.54, 1.807) is 0 Å². The van der Waals surface area contributed by atoms with Crippen molar-refractivity contribution in [2.24, 2.45) is 0 Å². The van der Waals surface area contributed by atoms with Crippen molar-refractivity contribution < 1.29 is 9.47 Å². The Morgan fingerprint density at radius 2 is 2.37 bits per heavy atom. The third-order valence-corrected chi connectivity index (χ3v) is 3.73. The van der Waals surface area contributed by atoms with Crippen LogP contribution in [0.1, 0.15) is 13.3 Å². The van der Waals surface area contributed by atoms with Crippen LogP contribution < -0.4 is 10.2 Å². The van der Waals surface area contributed by atoms with Crippen molar-refractivity contribution in [3.63, 3.8) is 0 Å². The van der Waals surface area contributed by atoms with Gasteiger partial charge in [0.2, 0.25) is 0 Å². The zero-order valence-corrected chi connectivity index (χ0v) is 11.4. The molecule has 1 atom stereocenters. The first kappa shape index (κ1) is 12.7. The molecule has 0 amide bonds. The first-order chi connectivity index (χ1) is 9.31. The second-order valence-corrected chi connectivity index (χ2v) is 5.17. The minimum Gasteiger partial charge on any atom is -0.378 e. The molecule has 0 saturated carbocycles. The Morgan fingerprint density at radius 1 is 1.42 bits per heavy atom. The fraction of sp³-hybridized carbons (Fsp3) is 0.643. The van der Waals surface area contributed by atoms with E-state index in [2.05, 4.69) is 28.2 Å². The molecule has 0 aromatic carbocycles. The number of rotatable bonds is 3. The molecule has 1 aromatic heterocycles. The van der Waals surface area contributed by atoms with Gasteiger partial charge in [-0.1, -0.05) is 6.07 Å². The Labute approximate surface area is 113 Å². The van der Waals surface area contributed by atoms with Crippen LogP contribution in [0.5, 0.6) is 0 Å².